The van der Waals surface area contributed by atoms with Crippen molar-refractivity contribution in [1.82, 2.24) is 0 Å². The minimum absolute atomic E-state index is 0.131. The largest absolute Gasteiger partial charge is 0.493 e. The summed E-state index contributed by atoms with van der Waals surface area (Å²) in [6.45, 7) is 7.73. The van der Waals surface area contributed by atoms with E-state index in [1.165, 1.54) is 12.1 Å². The average Bonchev–Trinajstić information content (AvgIpc) is 2.94. The van der Waals surface area contributed by atoms with Gasteiger partial charge in [-0.1, -0.05) is 49.6 Å². The number of hydrogen-bond donors (Lipinski definition) is 0. The lowest BCUT2D eigenvalue weighted by atomic mass is 9.98. The zero-order valence-corrected chi connectivity index (χ0v) is 20.8. The fourth-order valence-electron chi connectivity index (χ4n) is 3.42. The summed E-state index contributed by atoms with van der Waals surface area (Å²) in [5.74, 6) is -1.76. The van der Waals surface area contributed by atoms with E-state index in [0.29, 0.717) is 48.7 Å². The number of rotatable bonds is 14. The van der Waals surface area contributed by atoms with Crippen molar-refractivity contribution in [3.05, 3.63) is 97.6 Å². The number of hydrogen-bond acceptors (Lipinski definition) is 6. The summed E-state index contributed by atoms with van der Waals surface area (Å²) in [5.41, 5.74) is 1.27. The average molecular weight is 523 g/mol. The van der Waals surface area contributed by atoms with Crippen molar-refractivity contribution in [2.45, 2.75) is 12.8 Å². The monoisotopic (exact) mass is 522 g/mol. The molecule has 0 aliphatic carbocycles. The summed E-state index contributed by atoms with van der Waals surface area (Å²) in [4.78, 5) is 22.0. The van der Waals surface area contributed by atoms with Gasteiger partial charge in [0.15, 0.2) is 11.6 Å². The van der Waals surface area contributed by atoms with E-state index in [0.717, 1.165) is 12.2 Å². The van der Waals surface area contributed by atoms with Gasteiger partial charge in [-0.05, 0) is 35.4 Å². The highest BCUT2D eigenvalue weighted by molar-refractivity contribution is 5.81. The number of ether oxygens (including phenoxy) is 4. The number of benzene rings is 3. The molecular formula is C30H28F2O6. The molecule has 0 amide bonds. The Morgan fingerprint density at radius 1 is 0.605 bits per heavy atom. The molecule has 0 bridgehead atoms. The lowest BCUT2D eigenvalue weighted by Crippen LogP contribution is -2.06. The Bertz CT molecular complexity index is 1150. The maximum absolute atomic E-state index is 15.0. The molecule has 0 aliphatic rings. The number of carbonyl (C=O) groups is 2. The van der Waals surface area contributed by atoms with Crippen LogP contribution in [0.15, 0.2) is 86.0 Å². The van der Waals surface area contributed by atoms with E-state index in [9.17, 15) is 18.4 Å². The molecule has 0 saturated carbocycles. The van der Waals surface area contributed by atoms with Gasteiger partial charge in [0.2, 0.25) is 0 Å². The summed E-state index contributed by atoms with van der Waals surface area (Å²) in [6, 6.07) is 16.3. The smallest absolute Gasteiger partial charge is 0.330 e. The first-order valence-corrected chi connectivity index (χ1v) is 12.0. The SMILES string of the molecule is C=CC(=O)OCCCOc1ccc(-c2ccc(-c3ccc(OCCCOC(=O)C=C)cc3)c(F)c2F)cc1. The molecule has 0 heterocycles. The van der Waals surface area contributed by atoms with Crippen LogP contribution >= 0.6 is 0 Å². The van der Waals surface area contributed by atoms with Gasteiger partial charge >= 0.3 is 11.9 Å². The summed E-state index contributed by atoms with van der Waals surface area (Å²) >= 11 is 0. The number of esters is 2. The van der Waals surface area contributed by atoms with Gasteiger partial charge in [0, 0.05) is 36.1 Å². The first-order chi connectivity index (χ1) is 18.4. The minimum atomic E-state index is -0.949. The van der Waals surface area contributed by atoms with E-state index in [2.05, 4.69) is 13.2 Å². The van der Waals surface area contributed by atoms with Crippen LogP contribution in [0.3, 0.4) is 0 Å². The normalized spacial score (nSPS) is 10.4. The molecule has 0 N–H and O–H groups in total. The van der Waals surface area contributed by atoms with Crippen LogP contribution in [-0.4, -0.2) is 38.4 Å². The highest BCUT2D eigenvalue weighted by atomic mass is 19.2. The molecule has 38 heavy (non-hydrogen) atoms. The Balaban J connectivity index is 1.57. The van der Waals surface area contributed by atoms with E-state index in [-0.39, 0.29) is 24.3 Å². The quantitative estimate of drug-likeness (QED) is 0.141. The topological polar surface area (TPSA) is 71.1 Å². The molecule has 198 valence electrons. The van der Waals surface area contributed by atoms with Crippen LogP contribution < -0.4 is 9.47 Å². The third-order valence-electron chi connectivity index (χ3n) is 5.35. The maximum atomic E-state index is 15.0. The first-order valence-electron chi connectivity index (χ1n) is 12.0. The standard InChI is InChI=1S/C30H28F2O6/c1-3-27(33)37-19-5-17-35-23-11-7-21(8-12-23)25-15-16-26(30(32)29(25)31)22-9-13-24(14-10-22)36-18-6-20-38-28(34)4-2/h3-4,7-16H,1-2,5-6,17-20H2. The Labute approximate surface area is 220 Å². The molecule has 0 atom stereocenters. The molecule has 0 unspecified atom stereocenters. The van der Waals surface area contributed by atoms with Crippen molar-refractivity contribution in [2.24, 2.45) is 0 Å². The second-order valence-electron chi connectivity index (χ2n) is 7.98. The summed E-state index contributed by atoms with van der Waals surface area (Å²) in [6.07, 6.45) is 3.19. The summed E-state index contributed by atoms with van der Waals surface area (Å²) in [7, 11) is 0. The van der Waals surface area contributed by atoms with Gasteiger partial charge in [-0.15, -0.1) is 0 Å². The maximum Gasteiger partial charge on any atom is 0.330 e. The van der Waals surface area contributed by atoms with E-state index in [1.54, 1.807) is 48.5 Å². The second kappa shape index (κ2) is 14.3. The fourth-order valence-corrected chi connectivity index (χ4v) is 3.42. The Morgan fingerprint density at radius 2 is 0.974 bits per heavy atom. The van der Waals surface area contributed by atoms with Gasteiger partial charge in [0.05, 0.1) is 26.4 Å². The van der Waals surface area contributed by atoms with Crippen LogP contribution in [0.1, 0.15) is 12.8 Å². The van der Waals surface area contributed by atoms with Gasteiger partial charge in [-0.25, -0.2) is 18.4 Å². The van der Waals surface area contributed by atoms with E-state index < -0.39 is 23.6 Å². The molecule has 0 aromatic heterocycles. The fraction of sp³-hybridized carbons (Fsp3) is 0.200. The second-order valence-corrected chi connectivity index (χ2v) is 7.98. The third-order valence-corrected chi connectivity index (χ3v) is 5.35. The Hall–Kier alpha value is -4.46. The first kappa shape index (κ1) is 28.1. The van der Waals surface area contributed by atoms with E-state index >= 15 is 0 Å². The molecule has 0 radical (unpaired) electrons. The van der Waals surface area contributed by atoms with Crippen LogP contribution in [-0.2, 0) is 19.1 Å². The van der Waals surface area contributed by atoms with Gasteiger partial charge < -0.3 is 18.9 Å². The van der Waals surface area contributed by atoms with Crippen LogP contribution in [0.5, 0.6) is 11.5 Å². The van der Waals surface area contributed by atoms with Crippen LogP contribution in [0.25, 0.3) is 22.3 Å². The molecule has 0 fully saturated rings. The van der Waals surface area contributed by atoms with Gasteiger partial charge in [-0.3, -0.25) is 0 Å². The van der Waals surface area contributed by atoms with Gasteiger partial charge in [0.25, 0.3) is 0 Å². The third kappa shape index (κ3) is 8.03. The molecule has 0 spiro atoms. The lowest BCUT2D eigenvalue weighted by Gasteiger charge is -2.11. The molecule has 3 aromatic rings. The predicted octanol–water partition coefficient (Wildman–Crippen LogP) is 6.30. The van der Waals surface area contributed by atoms with E-state index in [1.807, 2.05) is 0 Å². The van der Waals surface area contributed by atoms with Crippen molar-refractivity contribution >= 4 is 11.9 Å². The van der Waals surface area contributed by atoms with Crippen molar-refractivity contribution in [2.75, 3.05) is 26.4 Å². The minimum Gasteiger partial charge on any atom is -0.493 e. The molecule has 0 saturated heterocycles. The summed E-state index contributed by atoms with van der Waals surface area (Å²) < 4.78 is 50.9. The molecule has 8 heteroatoms. The molecular weight excluding hydrogens is 494 g/mol. The van der Waals surface area contributed by atoms with Crippen molar-refractivity contribution in [1.29, 1.82) is 0 Å². The highest BCUT2D eigenvalue weighted by Gasteiger charge is 2.16. The Morgan fingerprint density at radius 3 is 1.32 bits per heavy atom. The number of carbonyl (C=O) groups excluding carboxylic acids is 2. The van der Waals surface area contributed by atoms with Crippen molar-refractivity contribution in [3.8, 4) is 33.8 Å². The molecule has 3 rings (SSSR count). The lowest BCUT2D eigenvalue weighted by molar-refractivity contribution is -0.138. The number of halogens is 2. The molecule has 6 nitrogen and oxygen atoms in total. The zero-order chi connectivity index (χ0) is 27.3. The van der Waals surface area contributed by atoms with Crippen LogP contribution in [0.4, 0.5) is 8.78 Å². The van der Waals surface area contributed by atoms with E-state index in [4.69, 9.17) is 18.9 Å². The highest BCUT2D eigenvalue weighted by Crippen LogP contribution is 2.33. The molecule has 0 aliphatic heterocycles. The Kier molecular flexibility index (Phi) is 10.6. The predicted molar refractivity (Wildman–Crippen MR) is 140 cm³/mol. The molecule has 3 aromatic carbocycles. The van der Waals surface area contributed by atoms with Crippen LogP contribution in [0, 0.1) is 11.6 Å². The van der Waals surface area contributed by atoms with Crippen LogP contribution in [0.2, 0.25) is 0 Å². The van der Waals surface area contributed by atoms with Crippen molar-refractivity contribution in [3.63, 3.8) is 0 Å². The summed E-state index contributed by atoms with van der Waals surface area (Å²) in [5, 5.41) is 0. The zero-order valence-electron chi connectivity index (χ0n) is 20.8. The van der Waals surface area contributed by atoms with Gasteiger partial charge in [0.1, 0.15) is 11.5 Å². The van der Waals surface area contributed by atoms with Crippen molar-refractivity contribution < 1.29 is 37.3 Å². The van der Waals surface area contributed by atoms with Gasteiger partial charge in [-0.2, -0.15) is 0 Å².